The normalized spacial score (nSPS) is 18.0. The van der Waals surface area contributed by atoms with E-state index in [1.165, 1.54) is 36.7 Å². The molecule has 1 fully saturated rings. The number of hydrogen-bond acceptors (Lipinski definition) is 7. The lowest BCUT2D eigenvalue weighted by Gasteiger charge is -2.30. The predicted molar refractivity (Wildman–Crippen MR) is 151 cm³/mol. The molecule has 2 heterocycles. The fraction of sp³-hybridized carbons (Fsp3) is 0.379. The quantitative estimate of drug-likeness (QED) is 0.219. The molecular formula is C29H28Cl2F2N2O6S. The number of pyridine rings is 1. The number of aromatic nitrogens is 1. The molecule has 5 rings (SSSR count). The molecule has 3 aromatic rings. The zero-order valence-electron chi connectivity index (χ0n) is 22.7. The van der Waals surface area contributed by atoms with Gasteiger partial charge in [0.25, 0.3) is 0 Å². The van der Waals surface area contributed by atoms with Crippen LogP contribution >= 0.6 is 23.2 Å². The first-order valence-electron chi connectivity index (χ1n) is 13.2. The highest BCUT2D eigenvalue weighted by Gasteiger charge is 2.49. The lowest BCUT2D eigenvalue weighted by Crippen LogP contribution is -2.43. The summed E-state index contributed by atoms with van der Waals surface area (Å²) in [5.74, 6) is -0.612. The van der Waals surface area contributed by atoms with Crippen molar-refractivity contribution >= 4 is 39.2 Å². The second-order valence-electron chi connectivity index (χ2n) is 10.7. The van der Waals surface area contributed by atoms with Crippen LogP contribution < -0.4 is 9.47 Å². The lowest BCUT2D eigenvalue weighted by atomic mass is 9.94. The Balaban J connectivity index is 1.46. The number of fused-ring (bicyclic) bond motifs is 1. The Hall–Kier alpha value is -2.99. The monoisotopic (exact) mass is 640 g/mol. The second kappa shape index (κ2) is 11.9. The number of rotatable bonds is 11. The minimum atomic E-state index is -3.98. The molecule has 13 heteroatoms. The number of ether oxygens (including phenoxy) is 3. The Morgan fingerprint density at radius 1 is 1.10 bits per heavy atom. The summed E-state index contributed by atoms with van der Waals surface area (Å²) in [6.45, 7) is 0.0942. The van der Waals surface area contributed by atoms with Gasteiger partial charge in [-0.3, -0.25) is 9.78 Å². The molecule has 1 atom stereocenters. The van der Waals surface area contributed by atoms with Crippen molar-refractivity contribution < 1.29 is 36.2 Å². The molecule has 2 aliphatic rings. The molecule has 42 heavy (non-hydrogen) atoms. The number of hydrogen-bond donors (Lipinski definition) is 0. The number of sulfonamides is 1. The van der Waals surface area contributed by atoms with Gasteiger partial charge in [0.1, 0.15) is 12.6 Å². The highest BCUT2D eigenvalue weighted by molar-refractivity contribution is 7.89. The molecule has 1 aliphatic carbocycles. The summed E-state index contributed by atoms with van der Waals surface area (Å²) < 4.78 is 70.4. The summed E-state index contributed by atoms with van der Waals surface area (Å²) in [6, 6.07) is 10.8. The summed E-state index contributed by atoms with van der Waals surface area (Å²) >= 11 is 12.7. The molecule has 1 aromatic heterocycles. The van der Waals surface area contributed by atoms with E-state index >= 15 is 0 Å². The van der Waals surface area contributed by atoms with Gasteiger partial charge in [-0.1, -0.05) is 47.5 Å². The van der Waals surface area contributed by atoms with Crippen molar-refractivity contribution in [2.24, 2.45) is 5.92 Å². The van der Waals surface area contributed by atoms with Crippen molar-refractivity contribution in [1.82, 2.24) is 9.29 Å². The molecule has 8 nitrogen and oxygen atoms in total. The Morgan fingerprint density at radius 2 is 1.79 bits per heavy atom. The maximum Gasteiger partial charge on any atom is 0.387 e. The number of alkyl halides is 2. The van der Waals surface area contributed by atoms with Crippen LogP contribution in [0.2, 0.25) is 10.0 Å². The molecule has 0 spiro atoms. The average Bonchev–Trinajstić information content (AvgIpc) is 3.74. The lowest BCUT2D eigenvalue weighted by molar-refractivity contribution is -0.150. The highest BCUT2D eigenvalue weighted by Crippen LogP contribution is 2.44. The Labute approximate surface area is 252 Å². The van der Waals surface area contributed by atoms with Gasteiger partial charge in [0.2, 0.25) is 10.0 Å². The summed E-state index contributed by atoms with van der Waals surface area (Å²) in [6.07, 6.45) is 3.67. The van der Waals surface area contributed by atoms with Crippen molar-refractivity contribution in [1.29, 1.82) is 0 Å². The summed E-state index contributed by atoms with van der Waals surface area (Å²) in [5.41, 5.74) is 0.365. The molecule has 0 saturated heterocycles. The minimum absolute atomic E-state index is 0.0145. The third-order valence-corrected chi connectivity index (χ3v) is 10.1. The topological polar surface area (TPSA) is 95.0 Å². The van der Waals surface area contributed by atoms with Crippen molar-refractivity contribution in [3.63, 3.8) is 0 Å². The molecule has 0 unspecified atom stereocenters. The van der Waals surface area contributed by atoms with E-state index in [9.17, 15) is 22.0 Å². The number of benzene rings is 2. The van der Waals surface area contributed by atoms with Crippen LogP contribution in [0.15, 0.2) is 59.8 Å². The summed E-state index contributed by atoms with van der Waals surface area (Å²) in [4.78, 5) is 17.5. The Bertz CT molecular complexity index is 1580. The predicted octanol–water partition coefficient (Wildman–Crippen LogP) is 6.55. The van der Waals surface area contributed by atoms with E-state index in [0.717, 1.165) is 17.1 Å². The molecule has 1 saturated carbocycles. The van der Waals surface area contributed by atoms with E-state index in [-0.39, 0.29) is 32.9 Å². The largest absolute Gasteiger partial charge is 0.489 e. The van der Waals surface area contributed by atoms with Crippen LogP contribution in [0.25, 0.3) is 0 Å². The van der Waals surface area contributed by atoms with E-state index in [0.29, 0.717) is 29.2 Å². The fourth-order valence-corrected chi connectivity index (χ4v) is 7.49. The van der Waals surface area contributed by atoms with Crippen molar-refractivity contribution in [2.75, 3.05) is 13.2 Å². The van der Waals surface area contributed by atoms with Gasteiger partial charge < -0.3 is 14.2 Å². The van der Waals surface area contributed by atoms with Crippen LogP contribution in [0, 0.1) is 5.92 Å². The standard InChI is InChI=1S/C29H28Cl2F2N2O6S/c1-29(2)20-5-3-4-6-26(20)42(37,38)35(29)15-27(36)40-24(12-19-21(30)13-34-14-22(19)31)18-9-10-23(41-28(32)33)25(11-18)39-16-17-7-8-17/h3-6,9-11,13-14,17,24,28H,7-8,12,15-16H2,1-2H3/t24-/m0/s1. The van der Waals surface area contributed by atoms with Crippen molar-refractivity contribution in [3.8, 4) is 11.5 Å². The number of carbonyl (C=O) groups excluding carboxylic acids is 1. The molecule has 0 N–H and O–H groups in total. The van der Waals surface area contributed by atoms with Crippen molar-refractivity contribution in [2.45, 2.75) is 56.3 Å². The summed E-state index contributed by atoms with van der Waals surface area (Å²) in [7, 11) is -3.98. The first-order chi connectivity index (χ1) is 19.9. The van der Waals surface area contributed by atoms with Gasteiger partial charge in [-0.15, -0.1) is 0 Å². The highest BCUT2D eigenvalue weighted by atomic mass is 35.5. The van der Waals surface area contributed by atoms with Gasteiger partial charge in [-0.25, -0.2) is 8.42 Å². The number of halogens is 4. The van der Waals surface area contributed by atoms with E-state index in [4.69, 9.17) is 32.7 Å². The average molecular weight is 642 g/mol. The molecule has 0 amide bonds. The molecule has 224 valence electrons. The van der Waals surface area contributed by atoms with Gasteiger partial charge in [0, 0.05) is 18.8 Å². The maximum absolute atomic E-state index is 13.4. The second-order valence-corrected chi connectivity index (χ2v) is 13.3. The first kappa shape index (κ1) is 30.5. The third-order valence-electron chi connectivity index (χ3n) is 7.35. The van der Waals surface area contributed by atoms with Crippen LogP contribution in [0.1, 0.15) is 49.5 Å². The molecule has 0 radical (unpaired) electrons. The minimum Gasteiger partial charge on any atom is -0.489 e. The summed E-state index contributed by atoms with van der Waals surface area (Å²) in [5, 5.41) is 0.454. The van der Waals surface area contributed by atoms with Gasteiger partial charge in [-0.2, -0.15) is 13.1 Å². The molecule has 1 aliphatic heterocycles. The first-order valence-corrected chi connectivity index (χ1v) is 15.4. The third kappa shape index (κ3) is 6.34. The van der Waals surface area contributed by atoms with Gasteiger partial charge in [0.05, 0.1) is 27.1 Å². The number of carbonyl (C=O) groups is 1. The van der Waals surface area contributed by atoms with E-state index in [1.54, 1.807) is 32.0 Å². The molecular weight excluding hydrogens is 613 g/mol. The van der Waals surface area contributed by atoms with Crippen LogP contribution in [0.3, 0.4) is 0 Å². The van der Waals surface area contributed by atoms with Crippen molar-refractivity contribution in [3.05, 3.63) is 81.6 Å². The number of nitrogens with zero attached hydrogens (tertiary/aromatic N) is 2. The van der Waals surface area contributed by atoms with Gasteiger partial charge in [0.15, 0.2) is 11.5 Å². The molecule has 2 aromatic carbocycles. The van der Waals surface area contributed by atoms with E-state index in [2.05, 4.69) is 9.72 Å². The fourth-order valence-electron chi connectivity index (χ4n) is 4.92. The van der Waals surface area contributed by atoms with E-state index < -0.39 is 40.8 Å². The van der Waals surface area contributed by atoms with Crippen LogP contribution in [-0.4, -0.2) is 43.4 Å². The maximum atomic E-state index is 13.4. The van der Waals surface area contributed by atoms with Crippen LogP contribution in [0.4, 0.5) is 8.78 Å². The number of esters is 1. The zero-order valence-corrected chi connectivity index (χ0v) is 25.1. The SMILES string of the molecule is CC1(C)c2ccccc2S(=O)(=O)N1CC(=O)O[C@@H](Cc1c(Cl)cncc1Cl)c1ccc(OC(F)F)c(OCC2CC2)c1. The Kier molecular flexibility index (Phi) is 8.67. The Morgan fingerprint density at radius 3 is 2.43 bits per heavy atom. The zero-order chi connectivity index (χ0) is 30.2. The van der Waals surface area contributed by atoms with Crippen LogP contribution in [0.5, 0.6) is 11.5 Å². The van der Waals surface area contributed by atoms with Gasteiger partial charge >= 0.3 is 12.6 Å². The van der Waals surface area contributed by atoms with Gasteiger partial charge in [-0.05, 0) is 67.5 Å². The molecule has 0 bridgehead atoms. The van der Waals surface area contributed by atoms with E-state index in [1.807, 2.05) is 0 Å². The van der Waals surface area contributed by atoms with Crippen LogP contribution in [-0.2, 0) is 31.5 Å². The smallest absolute Gasteiger partial charge is 0.387 e.